The zero-order valence-corrected chi connectivity index (χ0v) is 12.4. The van der Waals surface area contributed by atoms with Crippen LogP contribution in [0.15, 0.2) is 34.4 Å². The van der Waals surface area contributed by atoms with E-state index in [1.165, 1.54) is 11.1 Å². The van der Waals surface area contributed by atoms with Crippen molar-refractivity contribution in [3.8, 4) is 0 Å². The van der Waals surface area contributed by atoms with Crippen molar-refractivity contribution < 1.29 is 19.5 Å². The van der Waals surface area contributed by atoms with E-state index >= 15 is 0 Å². The molecule has 0 aliphatic heterocycles. The molecule has 0 aliphatic carbocycles. The average molecular weight is 291 g/mol. The first kappa shape index (κ1) is 20.1. The van der Waals surface area contributed by atoms with E-state index in [-0.39, 0.29) is 19.5 Å². The Morgan fingerprint density at radius 2 is 0.867 bits per heavy atom. The third-order valence-corrected chi connectivity index (χ3v) is 1.03. The minimum Gasteiger partial charge on any atom is -0.290 e. The SMILES string of the molecule is [CH-]=C(C)C=C(C)C.[CH-]=C(C)C=C(C)C.[Ru+2]. The number of allylic oxidation sites excluding steroid dienone is 6. The Balaban J connectivity index is -0.000000180. The van der Waals surface area contributed by atoms with Crippen LogP contribution in [-0.2, 0) is 19.5 Å². The van der Waals surface area contributed by atoms with Crippen molar-refractivity contribution in [2.45, 2.75) is 41.5 Å². The fourth-order valence-corrected chi connectivity index (χ4v) is 0.911. The molecule has 0 saturated heterocycles. The molecular weight excluding hydrogens is 269 g/mol. The van der Waals surface area contributed by atoms with Gasteiger partial charge in [0.2, 0.25) is 0 Å². The van der Waals surface area contributed by atoms with E-state index in [1.54, 1.807) is 0 Å². The van der Waals surface area contributed by atoms with E-state index in [0.29, 0.717) is 0 Å². The molecule has 0 aromatic rings. The number of rotatable bonds is 2. The van der Waals surface area contributed by atoms with Crippen LogP contribution >= 0.6 is 0 Å². The maximum absolute atomic E-state index is 5.33. The van der Waals surface area contributed by atoms with Gasteiger partial charge in [-0.1, -0.05) is 41.5 Å². The number of hydrogen-bond acceptors (Lipinski definition) is 0. The van der Waals surface area contributed by atoms with E-state index < -0.39 is 0 Å². The summed E-state index contributed by atoms with van der Waals surface area (Å²) in [6, 6.07) is 0. The molecule has 0 aromatic heterocycles. The normalized spacial score (nSPS) is 7.33. The summed E-state index contributed by atoms with van der Waals surface area (Å²) in [5.74, 6) is 0. The van der Waals surface area contributed by atoms with E-state index in [4.69, 9.17) is 13.2 Å². The molecule has 0 amide bonds. The van der Waals surface area contributed by atoms with Gasteiger partial charge in [0.1, 0.15) is 0 Å². The van der Waals surface area contributed by atoms with Crippen LogP contribution in [0.1, 0.15) is 41.5 Å². The summed E-state index contributed by atoms with van der Waals surface area (Å²) in [7, 11) is 0. The van der Waals surface area contributed by atoms with Gasteiger partial charge < -0.3 is 0 Å². The molecule has 86 valence electrons. The van der Waals surface area contributed by atoms with Crippen LogP contribution in [0.4, 0.5) is 0 Å². The molecule has 0 atom stereocenters. The van der Waals surface area contributed by atoms with Crippen molar-refractivity contribution >= 4 is 0 Å². The van der Waals surface area contributed by atoms with Gasteiger partial charge in [-0.3, -0.25) is 13.2 Å². The van der Waals surface area contributed by atoms with Crippen LogP contribution in [-0.4, -0.2) is 0 Å². The number of hydrogen-bond donors (Lipinski definition) is 0. The average Bonchev–Trinajstić information content (AvgIpc) is 1.79. The van der Waals surface area contributed by atoms with Crippen LogP contribution in [0.5, 0.6) is 0 Å². The molecule has 0 nitrogen and oxygen atoms in total. The Bertz CT molecular complexity index is 219. The smallest absolute Gasteiger partial charge is 0.290 e. The van der Waals surface area contributed by atoms with Gasteiger partial charge in [-0.2, -0.15) is 11.1 Å². The van der Waals surface area contributed by atoms with Gasteiger partial charge in [0.15, 0.2) is 0 Å². The predicted octanol–water partition coefficient (Wildman–Crippen LogP) is 4.66. The van der Waals surface area contributed by atoms with Crippen LogP contribution in [0.25, 0.3) is 0 Å². The summed E-state index contributed by atoms with van der Waals surface area (Å²) in [5, 5.41) is 0. The molecule has 0 aromatic carbocycles. The van der Waals surface area contributed by atoms with Crippen molar-refractivity contribution in [2.24, 2.45) is 0 Å². The molecule has 0 radical (unpaired) electrons. The van der Waals surface area contributed by atoms with Gasteiger partial charge in [-0.15, -0.1) is 0 Å². The minimum absolute atomic E-state index is 0. The molecule has 0 bridgehead atoms. The van der Waals surface area contributed by atoms with E-state index in [1.807, 2.05) is 53.7 Å². The molecule has 0 heterocycles. The second-order valence-electron chi connectivity index (χ2n) is 3.93. The Morgan fingerprint density at radius 3 is 0.867 bits per heavy atom. The standard InChI is InChI=1S/2C7H11.Ru/c2*1-6(2)5-7(3)4;/h2*1,5H,2-4H3;/q2*-1;+2. The van der Waals surface area contributed by atoms with Crippen molar-refractivity contribution in [3.63, 3.8) is 0 Å². The van der Waals surface area contributed by atoms with Gasteiger partial charge >= 0.3 is 19.5 Å². The van der Waals surface area contributed by atoms with Crippen molar-refractivity contribution in [1.82, 2.24) is 0 Å². The molecule has 0 fully saturated rings. The predicted molar refractivity (Wildman–Crippen MR) is 65.8 cm³/mol. The Labute approximate surface area is 109 Å². The summed E-state index contributed by atoms with van der Waals surface area (Å²) in [6.07, 6.45) is 3.89. The van der Waals surface area contributed by atoms with E-state index in [9.17, 15) is 0 Å². The summed E-state index contributed by atoms with van der Waals surface area (Å²) in [6.45, 7) is 22.5. The fourth-order valence-electron chi connectivity index (χ4n) is 0.911. The van der Waals surface area contributed by atoms with Crippen LogP contribution in [0, 0.1) is 13.2 Å². The quantitative estimate of drug-likeness (QED) is 0.394. The van der Waals surface area contributed by atoms with Crippen molar-refractivity contribution in [1.29, 1.82) is 0 Å². The van der Waals surface area contributed by atoms with Gasteiger partial charge in [0.05, 0.1) is 0 Å². The molecule has 0 aliphatic rings. The van der Waals surface area contributed by atoms with E-state index in [0.717, 1.165) is 11.1 Å². The van der Waals surface area contributed by atoms with Crippen LogP contribution in [0.2, 0.25) is 0 Å². The first-order valence-electron chi connectivity index (χ1n) is 4.73. The fraction of sp³-hybridized carbons (Fsp3) is 0.429. The second kappa shape index (κ2) is 11.7. The van der Waals surface area contributed by atoms with Crippen LogP contribution in [0.3, 0.4) is 0 Å². The molecule has 0 unspecified atom stereocenters. The summed E-state index contributed by atoms with van der Waals surface area (Å²) in [4.78, 5) is 0. The second-order valence-corrected chi connectivity index (χ2v) is 3.93. The Hall–Kier alpha value is -0.417. The maximum atomic E-state index is 5.33. The van der Waals surface area contributed by atoms with Gasteiger partial charge in [0, 0.05) is 0 Å². The molecular formula is C14H22Ru. The Kier molecular flexibility index (Phi) is 15.6. The Morgan fingerprint density at radius 1 is 0.667 bits per heavy atom. The molecule has 0 N–H and O–H groups in total. The zero-order chi connectivity index (χ0) is 11.7. The minimum atomic E-state index is 0. The molecule has 0 spiro atoms. The summed E-state index contributed by atoms with van der Waals surface area (Å²) < 4.78 is 0. The van der Waals surface area contributed by atoms with Gasteiger partial charge in [-0.05, 0) is 0 Å². The third-order valence-electron chi connectivity index (χ3n) is 1.03. The van der Waals surface area contributed by atoms with Crippen molar-refractivity contribution in [3.05, 3.63) is 47.6 Å². The third kappa shape index (κ3) is 31.7. The first-order valence-corrected chi connectivity index (χ1v) is 4.73. The monoisotopic (exact) mass is 292 g/mol. The van der Waals surface area contributed by atoms with E-state index in [2.05, 4.69) is 0 Å². The molecule has 0 rings (SSSR count). The first-order chi connectivity index (χ1) is 6.25. The molecule has 1 heteroatoms. The zero-order valence-electron chi connectivity index (χ0n) is 10.7. The van der Waals surface area contributed by atoms with Crippen LogP contribution < -0.4 is 0 Å². The molecule has 0 saturated carbocycles. The van der Waals surface area contributed by atoms with Gasteiger partial charge in [-0.25, -0.2) is 23.3 Å². The largest absolute Gasteiger partial charge is 2.00 e. The molecule has 15 heavy (non-hydrogen) atoms. The van der Waals surface area contributed by atoms with Gasteiger partial charge in [0.25, 0.3) is 0 Å². The van der Waals surface area contributed by atoms with Crippen molar-refractivity contribution in [2.75, 3.05) is 0 Å². The summed E-state index contributed by atoms with van der Waals surface area (Å²) >= 11 is 0. The summed E-state index contributed by atoms with van der Waals surface area (Å²) in [5.41, 5.74) is 4.25. The topological polar surface area (TPSA) is 0 Å². The maximum Gasteiger partial charge on any atom is 2.00 e.